The molecule has 2 nitrogen and oxygen atoms in total. The number of nitrogens with zero attached hydrogens (tertiary/aromatic N) is 2. The van der Waals surface area contributed by atoms with Crippen molar-refractivity contribution in [1.82, 2.24) is 4.90 Å². The summed E-state index contributed by atoms with van der Waals surface area (Å²) in [6.45, 7) is 7.83. The minimum absolute atomic E-state index is 0.135. The largest absolute Gasteiger partial charge is 0.284 e. The predicted molar refractivity (Wildman–Crippen MR) is 49.6 cm³/mol. The van der Waals surface area contributed by atoms with E-state index in [2.05, 4.69) is 17.5 Å². The van der Waals surface area contributed by atoms with Gasteiger partial charge >= 0.3 is 0 Å². The van der Waals surface area contributed by atoms with Gasteiger partial charge in [0.05, 0.1) is 12.1 Å². The fraction of sp³-hybridized carbons (Fsp3) is 0.700. The van der Waals surface area contributed by atoms with Crippen LogP contribution < -0.4 is 0 Å². The summed E-state index contributed by atoms with van der Waals surface area (Å²) in [6.07, 6.45) is 3.46. The van der Waals surface area contributed by atoms with Gasteiger partial charge in [-0.15, -0.1) is 0 Å². The van der Waals surface area contributed by atoms with E-state index in [-0.39, 0.29) is 6.04 Å². The summed E-state index contributed by atoms with van der Waals surface area (Å²) >= 11 is 0. The molecule has 0 aromatic rings. The number of rotatable bonds is 2. The van der Waals surface area contributed by atoms with Gasteiger partial charge in [0.2, 0.25) is 0 Å². The second-order valence-corrected chi connectivity index (χ2v) is 3.57. The quantitative estimate of drug-likeness (QED) is 0.583. The Labute approximate surface area is 74.5 Å². The van der Waals surface area contributed by atoms with Crippen molar-refractivity contribution < 1.29 is 0 Å². The smallest absolute Gasteiger partial charge is 0.0980 e. The van der Waals surface area contributed by atoms with Crippen LogP contribution in [0.3, 0.4) is 0 Å². The van der Waals surface area contributed by atoms with Crippen LogP contribution in [0.4, 0.5) is 0 Å². The van der Waals surface area contributed by atoms with Gasteiger partial charge in [0.1, 0.15) is 0 Å². The summed E-state index contributed by atoms with van der Waals surface area (Å²) in [5.41, 5.74) is 1.15. The zero-order valence-electron chi connectivity index (χ0n) is 7.71. The molecule has 1 aliphatic rings. The Hall–Kier alpha value is -0.810. The molecule has 0 aromatic carbocycles. The standard InChI is InChI=1S/C10H16N2/c1-9(2)8-12-6-4-3-5-10(12)7-11/h10H,1,3-6,8H2,2H3. The average Bonchev–Trinajstić information content (AvgIpc) is 2.04. The molecule has 1 unspecified atom stereocenters. The average molecular weight is 164 g/mol. The molecule has 0 saturated carbocycles. The first-order chi connectivity index (χ1) is 5.74. The van der Waals surface area contributed by atoms with E-state index in [1.54, 1.807) is 0 Å². The third-order valence-corrected chi connectivity index (χ3v) is 2.24. The number of hydrogen-bond donors (Lipinski definition) is 0. The SMILES string of the molecule is C=C(C)CN1CCCCC1C#N. The Bertz CT molecular complexity index is 202. The molecule has 0 N–H and O–H groups in total. The number of piperidine rings is 1. The van der Waals surface area contributed by atoms with Crippen molar-refractivity contribution in [1.29, 1.82) is 5.26 Å². The summed E-state index contributed by atoms with van der Waals surface area (Å²) in [6, 6.07) is 2.48. The third-order valence-electron chi connectivity index (χ3n) is 2.24. The van der Waals surface area contributed by atoms with Crippen molar-refractivity contribution in [3.8, 4) is 6.07 Å². The van der Waals surface area contributed by atoms with Crippen molar-refractivity contribution in [3.05, 3.63) is 12.2 Å². The molecule has 12 heavy (non-hydrogen) atoms. The molecule has 0 aliphatic carbocycles. The zero-order chi connectivity index (χ0) is 8.97. The predicted octanol–water partition coefficient (Wildman–Crippen LogP) is 1.94. The summed E-state index contributed by atoms with van der Waals surface area (Å²) in [5.74, 6) is 0. The lowest BCUT2D eigenvalue weighted by molar-refractivity contribution is 0.200. The van der Waals surface area contributed by atoms with E-state index in [4.69, 9.17) is 5.26 Å². The molecule has 66 valence electrons. The van der Waals surface area contributed by atoms with Crippen LogP contribution in [0, 0.1) is 11.3 Å². The van der Waals surface area contributed by atoms with E-state index in [1.807, 2.05) is 6.92 Å². The van der Waals surface area contributed by atoms with Gasteiger partial charge < -0.3 is 0 Å². The van der Waals surface area contributed by atoms with Gasteiger partial charge in [0, 0.05) is 6.54 Å². The molecular formula is C10H16N2. The molecule has 1 fully saturated rings. The summed E-state index contributed by atoms with van der Waals surface area (Å²) in [4.78, 5) is 2.23. The molecule has 1 atom stereocenters. The van der Waals surface area contributed by atoms with Crippen LogP contribution in [0.25, 0.3) is 0 Å². The van der Waals surface area contributed by atoms with E-state index in [1.165, 1.54) is 12.8 Å². The lowest BCUT2D eigenvalue weighted by Crippen LogP contribution is -2.39. The van der Waals surface area contributed by atoms with Crippen molar-refractivity contribution >= 4 is 0 Å². The first-order valence-corrected chi connectivity index (χ1v) is 4.52. The van der Waals surface area contributed by atoms with Crippen LogP contribution >= 0.6 is 0 Å². The van der Waals surface area contributed by atoms with Crippen LogP contribution in [0.2, 0.25) is 0 Å². The van der Waals surface area contributed by atoms with Gasteiger partial charge in [-0.1, -0.05) is 12.2 Å². The molecular weight excluding hydrogens is 148 g/mol. The Kier molecular flexibility index (Phi) is 3.31. The first-order valence-electron chi connectivity index (χ1n) is 4.52. The van der Waals surface area contributed by atoms with Gasteiger partial charge in [-0.25, -0.2) is 0 Å². The lowest BCUT2D eigenvalue weighted by atomic mass is 10.0. The van der Waals surface area contributed by atoms with Crippen LogP contribution in [0.5, 0.6) is 0 Å². The lowest BCUT2D eigenvalue weighted by Gasteiger charge is -2.31. The van der Waals surface area contributed by atoms with Crippen molar-refractivity contribution in [2.45, 2.75) is 32.2 Å². The zero-order valence-corrected chi connectivity index (χ0v) is 7.71. The summed E-state index contributed by atoms with van der Waals surface area (Å²) in [5, 5.41) is 8.85. The topological polar surface area (TPSA) is 27.0 Å². The van der Waals surface area contributed by atoms with Crippen LogP contribution in [0.1, 0.15) is 26.2 Å². The number of likely N-dealkylation sites (tertiary alicyclic amines) is 1. The normalized spacial score (nSPS) is 24.8. The highest BCUT2D eigenvalue weighted by molar-refractivity contribution is 5.00. The highest BCUT2D eigenvalue weighted by atomic mass is 15.2. The van der Waals surface area contributed by atoms with Crippen LogP contribution in [0.15, 0.2) is 12.2 Å². The van der Waals surface area contributed by atoms with Crippen molar-refractivity contribution in [2.24, 2.45) is 0 Å². The third kappa shape index (κ3) is 2.35. The highest BCUT2D eigenvalue weighted by Crippen LogP contribution is 2.16. The Morgan fingerprint density at radius 3 is 3.00 bits per heavy atom. The summed E-state index contributed by atoms with van der Waals surface area (Å²) < 4.78 is 0. The molecule has 0 amide bonds. The molecule has 1 heterocycles. The monoisotopic (exact) mass is 164 g/mol. The number of hydrogen-bond acceptors (Lipinski definition) is 2. The van der Waals surface area contributed by atoms with Gasteiger partial charge in [-0.05, 0) is 32.7 Å². The molecule has 1 rings (SSSR count). The second-order valence-electron chi connectivity index (χ2n) is 3.57. The number of nitriles is 1. The summed E-state index contributed by atoms with van der Waals surface area (Å²) in [7, 11) is 0. The minimum Gasteiger partial charge on any atom is -0.284 e. The Morgan fingerprint density at radius 2 is 2.42 bits per heavy atom. The van der Waals surface area contributed by atoms with Crippen LogP contribution in [-0.4, -0.2) is 24.0 Å². The first kappa shape index (κ1) is 9.28. The molecule has 1 aliphatic heterocycles. The van der Waals surface area contributed by atoms with Gasteiger partial charge in [0.15, 0.2) is 0 Å². The van der Waals surface area contributed by atoms with Crippen molar-refractivity contribution in [3.63, 3.8) is 0 Å². The van der Waals surface area contributed by atoms with Crippen LogP contribution in [-0.2, 0) is 0 Å². The van der Waals surface area contributed by atoms with E-state index in [9.17, 15) is 0 Å². The molecule has 0 bridgehead atoms. The minimum atomic E-state index is 0.135. The Morgan fingerprint density at radius 1 is 1.67 bits per heavy atom. The van der Waals surface area contributed by atoms with E-state index < -0.39 is 0 Å². The maximum Gasteiger partial charge on any atom is 0.0980 e. The van der Waals surface area contributed by atoms with Gasteiger partial charge in [-0.3, -0.25) is 4.90 Å². The fourth-order valence-electron chi connectivity index (χ4n) is 1.67. The highest BCUT2D eigenvalue weighted by Gasteiger charge is 2.20. The maximum absolute atomic E-state index is 8.85. The van der Waals surface area contributed by atoms with Gasteiger partial charge in [0.25, 0.3) is 0 Å². The fourth-order valence-corrected chi connectivity index (χ4v) is 1.67. The molecule has 0 aromatic heterocycles. The molecule has 0 radical (unpaired) electrons. The van der Waals surface area contributed by atoms with E-state index in [0.29, 0.717) is 0 Å². The van der Waals surface area contributed by atoms with E-state index >= 15 is 0 Å². The second kappa shape index (κ2) is 4.27. The van der Waals surface area contributed by atoms with E-state index in [0.717, 1.165) is 25.1 Å². The van der Waals surface area contributed by atoms with Gasteiger partial charge in [-0.2, -0.15) is 5.26 Å². The maximum atomic E-state index is 8.85. The molecule has 1 saturated heterocycles. The molecule has 2 heteroatoms. The Balaban J connectivity index is 2.48. The van der Waals surface area contributed by atoms with Crippen molar-refractivity contribution in [2.75, 3.05) is 13.1 Å². The molecule has 0 spiro atoms.